The second kappa shape index (κ2) is 9.02. The maximum absolute atomic E-state index is 5.57. The monoisotopic (exact) mass is 280 g/mol. The Labute approximate surface area is 121 Å². The standard InChI is InChI=1S/C15H24N2OS/c1-3-13-4-6-14(7-5-13)12-17(10-11-18-2)9-8-15(16)19/h4-7H,3,8-12H2,1-2H3,(H2,16,19). The van der Waals surface area contributed by atoms with E-state index in [1.54, 1.807) is 7.11 Å². The smallest absolute Gasteiger partial charge is 0.0740 e. The van der Waals surface area contributed by atoms with Crippen LogP contribution in [0.1, 0.15) is 24.5 Å². The van der Waals surface area contributed by atoms with Gasteiger partial charge in [0.2, 0.25) is 0 Å². The van der Waals surface area contributed by atoms with Crippen molar-refractivity contribution in [1.82, 2.24) is 4.90 Å². The highest BCUT2D eigenvalue weighted by Crippen LogP contribution is 2.08. The highest BCUT2D eigenvalue weighted by atomic mass is 32.1. The van der Waals surface area contributed by atoms with E-state index in [1.807, 2.05) is 0 Å². The van der Waals surface area contributed by atoms with Gasteiger partial charge in [-0.15, -0.1) is 0 Å². The van der Waals surface area contributed by atoms with Crippen LogP contribution in [0.5, 0.6) is 0 Å². The van der Waals surface area contributed by atoms with E-state index in [4.69, 9.17) is 22.7 Å². The third-order valence-electron chi connectivity index (χ3n) is 3.12. The van der Waals surface area contributed by atoms with Gasteiger partial charge in [0, 0.05) is 33.2 Å². The van der Waals surface area contributed by atoms with Crippen LogP contribution in [0, 0.1) is 0 Å². The maximum atomic E-state index is 5.57. The van der Waals surface area contributed by atoms with Gasteiger partial charge < -0.3 is 10.5 Å². The van der Waals surface area contributed by atoms with E-state index in [9.17, 15) is 0 Å². The molecule has 2 N–H and O–H groups in total. The molecule has 0 atom stereocenters. The summed E-state index contributed by atoms with van der Waals surface area (Å²) in [5.41, 5.74) is 8.26. The van der Waals surface area contributed by atoms with E-state index in [1.165, 1.54) is 11.1 Å². The van der Waals surface area contributed by atoms with E-state index in [0.717, 1.165) is 39.1 Å². The van der Waals surface area contributed by atoms with Gasteiger partial charge in [-0.3, -0.25) is 4.90 Å². The highest BCUT2D eigenvalue weighted by molar-refractivity contribution is 7.80. The van der Waals surface area contributed by atoms with Crippen molar-refractivity contribution in [3.05, 3.63) is 35.4 Å². The predicted octanol–water partition coefficient (Wildman–Crippen LogP) is 2.37. The number of methoxy groups -OCH3 is 1. The summed E-state index contributed by atoms with van der Waals surface area (Å²) in [6.07, 6.45) is 1.83. The SMILES string of the molecule is CCc1ccc(CN(CCOC)CCC(N)=S)cc1. The van der Waals surface area contributed by atoms with Crippen molar-refractivity contribution in [2.24, 2.45) is 5.73 Å². The van der Waals surface area contributed by atoms with Crippen LogP contribution < -0.4 is 5.73 Å². The lowest BCUT2D eigenvalue weighted by molar-refractivity contribution is 0.146. The zero-order valence-electron chi connectivity index (χ0n) is 11.9. The van der Waals surface area contributed by atoms with E-state index < -0.39 is 0 Å². The van der Waals surface area contributed by atoms with Crippen LogP contribution in [0.15, 0.2) is 24.3 Å². The fraction of sp³-hybridized carbons (Fsp3) is 0.533. The number of ether oxygens (including phenoxy) is 1. The molecule has 0 bridgehead atoms. The van der Waals surface area contributed by atoms with Crippen LogP contribution in [0.2, 0.25) is 0 Å². The fourth-order valence-electron chi connectivity index (χ4n) is 1.90. The van der Waals surface area contributed by atoms with Crippen molar-refractivity contribution in [1.29, 1.82) is 0 Å². The van der Waals surface area contributed by atoms with Crippen molar-refractivity contribution in [3.8, 4) is 0 Å². The number of rotatable bonds is 9. The lowest BCUT2D eigenvalue weighted by atomic mass is 10.1. The summed E-state index contributed by atoms with van der Waals surface area (Å²) in [7, 11) is 1.72. The topological polar surface area (TPSA) is 38.5 Å². The van der Waals surface area contributed by atoms with E-state index in [0.29, 0.717) is 4.99 Å². The molecule has 0 heterocycles. The lowest BCUT2D eigenvalue weighted by Crippen LogP contribution is -2.30. The van der Waals surface area contributed by atoms with Gasteiger partial charge in [0.15, 0.2) is 0 Å². The Balaban J connectivity index is 2.55. The van der Waals surface area contributed by atoms with Gasteiger partial charge in [0.25, 0.3) is 0 Å². The molecule has 1 aromatic carbocycles. The molecule has 0 aliphatic carbocycles. The molecule has 0 saturated heterocycles. The summed E-state index contributed by atoms with van der Waals surface area (Å²) in [5, 5.41) is 0. The average molecular weight is 280 g/mol. The Morgan fingerprint density at radius 1 is 1.21 bits per heavy atom. The van der Waals surface area contributed by atoms with Crippen LogP contribution in [-0.4, -0.2) is 36.7 Å². The van der Waals surface area contributed by atoms with E-state index in [-0.39, 0.29) is 0 Å². The molecule has 0 amide bonds. The van der Waals surface area contributed by atoms with Crippen molar-refractivity contribution >= 4 is 17.2 Å². The van der Waals surface area contributed by atoms with Crippen molar-refractivity contribution < 1.29 is 4.74 Å². The van der Waals surface area contributed by atoms with Crippen LogP contribution in [0.3, 0.4) is 0 Å². The van der Waals surface area contributed by atoms with Crippen LogP contribution >= 0.6 is 12.2 Å². The van der Waals surface area contributed by atoms with E-state index >= 15 is 0 Å². The summed E-state index contributed by atoms with van der Waals surface area (Å²) < 4.78 is 5.15. The van der Waals surface area contributed by atoms with Gasteiger partial charge in [-0.25, -0.2) is 0 Å². The number of hydrogen-bond donors (Lipinski definition) is 1. The molecule has 0 fully saturated rings. The molecule has 0 aromatic heterocycles. The molecule has 3 nitrogen and oxygen atoms in total. The van der Waals surface area contributed by atoms with Gasteiger partial charge in [-0.05, 0) is 17.5 Å². The minimum absolute atomic E-state index is 0.573. The van der Waals surface area contributed by atoms with Gasteiger partial charge in [-0.1, -0.05) is 43.4 Å². The molecule has 0 radical (unpaired) electrons. The largest absolute Gasteiger partial charge is 0.393 e. The summed E-state index contributed by atoms with van der Waals surface area (Å²) >= 11 is 4.94. The zero-order valence-corrected chi connectivity index (χ0v) is 12.7. The molecule has 0 saturated carbocycles. The summed E-state index contributed by atoms with van der Waals surface area (Å²) in [4.78, 5) is 2.90. The number of nitrogens with zero attached hydrogens (tertiary/aromatic N) is 1. The Bertz CT molecular complexity index is 378. The number of hydrogen-bond acceptors (Lipinski definition) is 3. The third kappa shape index (κ3) is 6.66. The Kier molecular flexibility index (Phi) is 7.63. The Morgan fingerprint density at radius 3 is 2.37 bits per heavy atom. The summed E-state index contributed by atoms with van der Waals surface area (Å²) in [6, 6.07) is 8.77. The van der Waals surface area contributed by atoms with E-state index in [2.05, 4.69) is 36.1 Å². The molecule has 1 rings (SSSR count). The molecule has 0 aliphatic heterocycles. The molecular weight excluding hydrogens is 256 g/mol. The van der Waals surface area contributed by atoms with Crippen LogP contribution in [0.25, 0.3) is 0 Å². The second-order valence-electron chi connectivity index (χ2n) is 4.66. The minimum atomic E-state index is 0.573. The fourth-order valence-corrected chi connectivity index (χ4v) is 1.99. The highest BCUT2D eigenvalue weighted by Gasteiger charge is 2.06. The molecule has 4 heteroatoms. The number of thiocarbonyl (C=S) groups is 1. The minimum Gasteiger partial charge on any atom is -0.393 e. The molecule has 19 heavy (non-hydrogen) atoms. The van der Waals surface area contributed by atoms with Gasteiger partial charge in [0.05, 0.1) is 11.6 Å². The van der Waals surface area contributed by atoms with Gasteiger partial charge in [-0.2, -0.15) is 0 Å². The maximum Gasteiger partial charge on any atom is 0.0740 e. The first-order valence-electron chi connectivity index (χ1n) is 6.73. The molecule has 0 unspecified atom stereocenters. The summed E-state index contributed by atoms with van der Waals surface area (Å²) in [6.45, 7) is 5.59. The van der Waals surface area contributed by atoms with Crippen LogP contribution in [-0.2, 0) is 17.7 Å². The molecule has 1 aromatic rings. The molecular formula is C15H24N2OS. The summed E-state index contributed by atoms with van der Waals surface area (Å²) in [5.74, 6) is 0. The predicted molar refractivity (Wildman–Crippen MR) is 84.4 cm³/mol. The Morgan fingerprint density at radius 2 is 1.84 bits per heavy atom. The number of aryl methyl sites for hydroxylation is 1. The second-order valence-corrected chi connectivity index (χ2v) is 5.18. The average Bonchev–Trinajstić information content (AvgIpc) is 2.42. The van der Waals surface area contributed by atoms with Crippen molar-refractivity contribution in [3.63, 3.8) is 0 Å². The molecule has 0 spiro atoms. The van der Waals surface area contributed by atoms with Gasteiger partial charge in [0.1, 0.15) is 0 Å². The zero-order chi connectivity index (χ0) is 14.1. The van der Waals surface area contributed by atoms with Crippen LogP contribution in [0.4, 0.5) is 0 Å². The number of benzene rings is 1. The first-order chi connectivity index (χ1) is 9.15. The van der Waals surface area contributed by atoms with Gasteiger partial charge >= 0.3 is 0 Å². The molecule has 106 valence electrons. The quantitative estimate of drug-likeness (QED) is 0.705. The number of nitrogens with two attached hydrogens (primary N) is 1. The normalized spacial score (nSPS) is 10.9. The lowest BCUT2D eigenvalue weighted by Gasteiger charge is -2.22. The Hall–Kier alpha value is -0.970. The first kappa shape index (κ1) is 16.1. The molecule has 0 aliphatic rings. The first-order valence-corrected chi connectivity index (χ1v) is 7.14. The third-order valence-corrected chi connectivity index (χ3v) is 3.33. The van der Waals surface area contributed by atoms with Crippen molar-refractivity contribution in [2.45, 2.75) is 26.3 Å². The van der Waals surface area contributed by atoms with Crippen molar-refractivity contribution in [2.75, 3.05) is 26.8 Å².